The van der Waals surface area contributed by atoms with Crippen LogP contribution in [0.15, 0.2) is 16.7 Å². The number of pyridine rings is 1. The Hall–Kier alpha value is -1.10. The number of hydrogen-bond donors (Lipinski definition) is 2. The Bertz CT molecular complexity index is 484. The van der Waals surface area contributed by atoms with Crippen LogP contribution in [0.4, 0.5) is 5.82 Å². The van der Waals surface area contributed by atoms with Crippen LogP contribution in [0.5, 0.6) is 0 Å². The summed E-state index contributed by atoms with van der Waals surface area (Å²) in [5, 5.41) is 6.31. The van der Waals surface area contributed by atoms with Crippen molar-refractivity contribution in [2.75, 3.05) is 11.9 Å². The number of carbonyl (C=O) groups excluding carboxylic acids is 1. The molecule has 0 spiro atoms. The third-order valence-electron chi connectivity index (χ3n) is 4.20. The summed E-state index contributed by atoms with van der Waals surface area (Å²) >= 11 is 3.39. The summed E-state index contributed by atoms with van der Waals surface area (Å²) in [5.74, 6) is 1.46. The lowest BCUT2D eigenvalue weighted by Crippen LogP contribution is -2.38. The molecule has 1 amide bonds. The van der Waals surface area contributed by atoms with Gasteiger partial charge in [-0.15, -0.1) is 0 Å². The molecule has 4 nitrogen and oxygen atoms in total. The van der Waals surface area contributed by atoms with Crippen molar-refractivity contribution in [2.45, 2.75) is 52.0 Å². The van der Waals surface area contributed by atoms with Gasteiger partial charge in [-0.3, -0.25) is 4.79 Å². The van der Waals surface area contributed by atoms with Crippen molar-refractivity contribution in [3.8, 4) is 0 Å². The van der Waals surface area contributed by atoms with Crippen LogP contribution in [0.2, 0.25) is 0 Å². The Morgan fingerprint density at radius 2 is 2.05 bits per heavy atom. The molecule has 0 unspecified atom stereocenters. The second-order valence-corrected chi connectivity index (χ2v) is 6.60. The van der Waals surface area contributed by atoms with Crippen LogP contribution in [-0.4, -0.2) is 23.5 Å². The van der Waals surface area contributed by atoms with Crippen LogP contribution >= 0.6 is 15.9 Å². The average Bonchev–Trinajstić information content (AvgIpc) is 2.50. The summed E-state index contributed by atoms with van der Waals surface area (Å²) in [6.07, 6.45) is 7.57. The molecule has 1 heterocycles. The number of amides is 1. The first kappa shape index (κ1) is 16.3. The van der Waals surface area contributed by atoms with Gasteiger partial charge >= 0.3 is 0 Å². The molecule has 1 aromatic rings. The van der Waals surface area contributed by atoms with E-state index in [1.165, 1.54) is 19.3 Å². The van der Waals surface area contributed by atoms with Crippen molar-refractivity contribution in [3.05, 3.63) is 22.3 Å². The van der Waals surface area contributed by atoms with Gasteiger partial charge in [0.15, 0.2) is 0 Å². The van der Waals surface area contributed by atoms with Crippen LogP contribution in [0.3, 0.4) is 0 Å². The van der Waals surface area contributed by atoms with Crippen molar-refractivity contribution in [2.24, 2.45) is 5.92 Å². The molecule has 0 saturated heterocycles. The maximum absolute atomic E-state index is 12.5. The summed E-state index contributed by atoms with van der Waals surface area (Å²) in [4.78, 5) is 16.8. The van der Waals surface area contributed by atoms with Gasteiger partial charge in [-0.1, -0.05) is 13.3 Å². The fraction of sp³-hybridized carbons (Fsp3) is 0.625. The van der Waals surface area contributed by atoms with E-state index in [-0.39, 0.29) is 5.91 Å². The van der Waals surface area contributed by atoms with Crippen LogP contribution in [-0.2, 0) is 0 Å². The van der Waals surface area contributed by atoms with E-state index in [2.05, 4.69) is 38.5 Å². The summed E-state index contributed by atoms with van der Waals surface area (Å²) in [5.41, 5.74) is 0.615. The highest BCUT2D eigenvalue weighted by Crippen LogP contribution is 2.27. The average molecular weight is 354 g/mol. The van der Waals surface area contributed by atoms with E-state index in [1.54, 1.807) is 6.20 Å². The van der Waals surface area contributed by atoms with E-state index < -0.39 is 0 Å². The van der Waals surface area contributed by atoms with Gasteiger partial charge in [0, 0.05) is 23.3 Å². The molecular formula is C16H24BrN3O. The number of carbonyl (C=O) groups is 1. The third kappa shape index (κ3) is 4.43. The van der Waals surface area contributed by atoms with E-state index >= 15 is 0 Å². The van der Waals surface area contributed by atoms with E-state index in [1.807, 2.05) is 13.0 Å². The molecule has 2 rings (SSSR count). The van der Waals surface area contributed by atoms with Crippen molar-refractivity contribution in [1.29, 1.82) is 0 Å². The molecule has 5 heteroatoms. The molecule has 116 valence electrons. The number of halogens is 1. The topological polar surface area (TPSA) is 54.0 Å². The van der Waals surface area contributed by atoms with Gasteiger partial charge in [0.2, 0.25) is 0 Å². The molecule has 21 heavy (non-hydrogen) atoms. The standard InChI is InChI=1S/C16H24BrN3O/c1-3-11-5-7-13(8-6-11)20-16(21)14-9-12(17)10-19-15(14)18-4-2/h9-11,13H,3-8H2,1-2H3,(H,18,19)(H,20,21). The highest BCUT2D eigenvalue weighted by atomic mass is 79.9. The monoisotopic (exact) mass is 353 g/mol. The smallest absolute Gasteiger partial charge is 0.255 e. The molecule has 1 aromatic heterocycles. The fourth-order valence-corrected chi connectivity index (χ4v) is 3.23. The van der Waals surface area contributed by atoms with Crippen LogP contribution in [0.25, 0.3) is 0 Å². The minimum absolute atomic E-state index is 0.0281. The normalized spacial score (nSPS) is 21.9. The summed E-state index contributed by atoms with van der Waals surface area (Å²) in [6, 6.07) is 2.13. The number of anilines is 1. The number of hydrogen-bond acceptors (Lipinski definition) is 3. The molecular weight excluding hydrogens is 330 g/mol. The van der Waals surface area contributed by atoms with Gasteiger partial charge < -0.3 is 10.6 Å². The Morgan fingerprint density at radius 3 is 2.67 bits per heavy atom. The highest BCUT2D eigenvalue weighted by molar-refractivity contribution is 9.10. The highest BCUT2D eigenvalue weighted by Gasteiger charge is 2.23. The summed E-state index contributed by atoms with van der Waals surface area (Å²) in [7, 11) is 0. The maximum atomic E-state index is 12.5. The van der Waals surface area contributed by atoms with E-state index in [9.17, 15) is 4.79 Å². The molecule has 1 aliphatic carbocycles. The first-order valence-corrected chi connectivity index (χ1v) is 8.63. The van der Waals surface area contributed by atoms with Gasteiger partial charge in [0.05, 0.1) is 5.56 Å². The zero-order valence-corrected chi connectivity index (χ0v) is 14.4. The van der Waals surface area contributed by atoms with Crippen molar-refractivity contribution in [3.63, 3.8) is 0 Å². The minimum atomic E-state index is -0.0281. The van der Waals surface area contributed by atoms with E-state index in [4.69, 9.17) is 0 Å². The molecule has 2 N–H and O–H groups in total. The van der Waals surface area contributed by atoms with Crippen LogP contribution in [0, 0.1) is 5.92 Å². The second-order valence-electron chi connectivity index (χ2n) is 5.68. The lowest BCUT2D eigenvalue weighted by atomic mass is 9.84. The number of aromatic nitrogens is 1. The van der Waals surface area contributed by atoms with Crippen molar-refractivity contribution < 1.29 is 4.79 Å². The largest absolute Gasteiger partial charge is 0.370 e. The lowest BCUT2D eigenvalue weighted by Gasteiger charge is -2.28. The zero-order chi connectivity index (χ0) is 15.2. The molecule has 0 aliphatic heterocycles. The maximum Gasteiger partial charge on any atom is 0.255 e. The van der Waals surface area contributed by atoms with Gasteiger partial charge in [-0.25, -0.2) is 4.98 Å². The minimum Gasteiger partial charge on any atom is -0.370 e. The summed E-state index contributed by atoms with van der Waals surface area (Å²) in [6.45, 7) is 4.99. The Balaban J connectivity index is 2.01. The molecule has 1 aliphatic rings. The predicted octanol–water partition coefficient (Wildman–Crippen LogP) is 3.97. The Labute approximate surface area is 135 Å². The zero-order valence-electron chi connectivity index (χ0n) is 12.8. The molecule has 0 aromatic carbocycles. The second kappa shape index (κ2) is 7.78. The van der Waals surface area contributed by atoms with Gasteiger partial charge in [-0.05, 0) is 60.5 Å². The van der Waals surface area contributed by atoms with Gasteiger partial charge in [-0.2, -0.15) is 0 Å². The lowest BCUT2D eigenvalue weighted by molar-refractivity contribution is 0.0922. The number of nitrogens with one attached hydrogen (secondary N) is 2. The van der Waals surface area contributed by atoms with E-state index in [0.717, 1.165) is 29.8 Å². The Morgan fingerprint density at radius 1 is 1.33 bits per heavy atom. The van der Waals surface area contributed by atoms with Crippen LogP contribution in [0.1, 0.15) is 56.3 Å². The SMILES string of the molecule is CCNc1ncc(Br)cc1C(=O)NC1CCC(CC)CC1. The summed E-state index contributed by atoms with van der Waals surface area (Å²) < 4.78 is 0.823. The first-order chi connectivity index (χ1) is 10.1. The molecule has 0 radical (unpaired) electrons. The Kier molecular flexibility index (Phi) is 6.03. The molecule has 0 atom stereocenters. The molecule has 0 bridgehead atoms. The van der Waals surface area contributed by atoms with Crippen LogP contribution < -0.4 is 10.6 Å². The fourth-order valence-electron chi connectivity index (χ4n) is 2.90. The number of nitrogens with zero attached hydrogens (tertiary/aromatic N) is 1. The van der Waals surface area contributed by atoms with Gasteiger partial charge in [0.25, 0.3) is 5.91 Å². The first-order valence-electron chi connectivity index (χ1n) is 7.84. The van der Waals surface area contributed by atoms with Crippen molar-refractivity contribution >= 4 is 27.7 Å². The van der Waals surface area contributed by atoms with Crippen molar-refractivity contribution in [1.82, 2.24) is 10.3 Å². The third-order valence-corrected chi connectivity index (χ3v) is 4.64. The van der Waals surface area contributed by atoms with E-state index in [0.29, 0.717) is 17.4 Å². The van der Waals surface area contributed by atoms with Gasteiger partial charge in [0.1, 0.15) is 5.82 Å². The molecule has 1 fully saturated rings. The predicted molar refractivity (Wildman–Crippen MR) is 89.6 cm³/mol. The number of rotatable bonds is 5. The quantitative estimate of drug-likeness (QED) is 0.841. The molecule has 1 saturated carbocycles.